The Morgan fingerprint density at radius 1 is 1.14 bits per heavy atom. The van der Waals surface area contributed by atoms with Crippen LogP contribution in [0.2, 0.25) is 0 Å². The monoisotopic (exact) mass is 400 g/mol. The number of nitrogens with zero attached hydrogens (tertiary/aromatic N) is 1. The molecule has 1 N–H and O–H groups in total. The third-order valence-corrected chi connectivity index (χ3v) is 4.71. The van der Waals surface area contributed by atoms with Crippen molar-refractivity contribution in [3.05, 3.63) is 65.4 Å². The first-order valence-corrected chi connectivity index (χ1v) is 9.22. The largest absolute Gasteiger partial charge is 0.495 e. The molecule has 0 aliphatic rings. The third-order valence-electron chi connectivity index (χ3n) is 3.82. The molecule has 1 heterocycles. The van der Waals surface area contributed by atoms with Crippen LogP contribution in [0, 0.1) is 5.82 Å². The quantitative estimate of drug-likeness (QED) is 0.629. The number of amides is 1. The summed E-state index contributed by atoms with van der Waals surface area (Å²) >= 11 is 1.23. The summed E-state index contributed by atoms with van der Waals surface area (Å²) in [5.41, 5.74) is 1.25. The van der Waals surface area contributed by atoms with Crippen molar-refractivity contribution < 1.29 is 23.5 Å². The fourth-order valence-electron chi connectivity index (χ4n) is 2.35. The Hall–Kier alpha value is -3.26. The maximum absolute atomic E-state index is 13.0. The molecule has 3 aromatic rings. The lowest BCUT2D eigenvalue weighted by atomic mass is 10.2. The summed E-state index contributed by atoms with van der Waals surface area (Å²) in [4.78, 5) is 28.8. The highest BCUT2D eigenvalue weighted by atomic mass is 32.1. The molecule has 144 valence electrons. The maximum atomic E-state index is 13.0. The Bertz CT molecular complexity index is 988. The van der Waals surface area contributed by atoms with Crippen molar-refractivity contribution in [3.63, 3.8) is 0 Å². The highest BCUT2D eigenvalue weighted by Crippen LogP contribution is 2.25. The molecule has 0 radical (unpaired) electrons. The molecule has 1 amide bonds. The van der Waals surface area contributed by atoms with Crippen LogP contribution in [0.25, 0.3) is 10.6 Å². The van der Waals surface area contributed by atoms with E-state index in [4.69, 9.17) is 9.47 Å². The van der Waals surface area contributed by atoms with E-state index in [1.54, 1.807) is 36.4 Å². The van der Waals surface area contributed by atoms with Crippen LogP contribution in [0.1, 0.15) is 17.4 Å². The maximum Gasteiger partial charge on any atom is 0.358 e. The van der Waals surface area contributed by atoms with Gasteiger partial charge in [0, 0.05) is 10.9 Å². The molecule has 0 unspecified atom stereocenters. The molecule has 28 heavy (non-hydrogen) atoms. The molecule has 0 bridgehead atoms. The number of hydrogen-bond donors (Lipinski definition) is 1. The molecular weight excluding hydrogens is 383 g/mol. The van der Waals surface area contributed by atoms with E-state index in [-0.39, 0.29) is 11.5 Å². The number of rotatable bonds is 6. The summed E-state index contributed by atoms with van der Waals surface area (Å²) in [5.74, 6) is -1.06. The predicted octanol–water partition coefficient (Wildman–Crippen LogP) is 4.14. The van der Waals surface area contributed by atoms with Gasteiger partial charge in [-0.2, -0.15) is 0 Å². The van der Waals surface area contributed by atoms with E-state index < -0.39 is 18.0 Å². The van der Waals surface area contributed by atoms with Crippen LogP contribution in [-0.2, 0) is 9.53 Å². The average Bonchev–Trinajstić information content (AvgIpc) is 3.19. The molecule has 0 spiro atoms. The molecule has 0 fully saturated rings. The van der Waals surface area contributed by atoms with Gasteiger partial charge in [0.25, 0.3) is 5.91 Å². The van der Waals surface area contributed by atoms with Gasteiger partial charge < -0.3 is 14.8 Å². The number of methoxy groups -OCH3 is 1. The molecule has 3 rings (SSSR count). The second kappa shape index (κ2) is 8.62. The minimum absolute atomic E-state index is 0.0845. The topological polar surface area (TPSA) is 77.5 Å². The number of benzene rings is 2. The van der Waals surface area contributed by atoms with Crippen molar-refractivity contribution in [1.82, 2.24) is 4.98 Å². The van der Waals surface area contributed by atoms with E-state index in [1.807, 2.05) is 0 Å². The Morgan fingerprint density at radius 2 is 1.86 bits per heavy atom. The minimum atomic E-state index is -1.03. The number of nitrogens with one attached hydrogen (secondary N) is 1. The van der Waals surface area contributed by atoms with Gasteiger partial charge in [0.05, 0.1) is 12.8 Å². The van der Waals surface area contributed by atoms with E-state index in [1.165, 1.54) is 42.9 Å². The number of hydrogen-bond acceptors (Lipinski definition) is 6. The van der Waals surface area contributed by atoms with Crippen LogP contribution >= 0.6 is 11.3 Å². The molecule has 0 aliphatic heterocycles. The van der Waals surface area contributed by atoms with E-state index in [9.17, 15) is 14.0 Å². The van der Waals surface area contributed by atoms with Gasteiger partial charge in [-0.3, -0.25) is 4.79 Å². The predicted molar refractivity (Wildman–Crippen MR) is 104 cm³/mol. The fraction of sp³-hybridized carbons (Fsp3) is 0.150. The third kappa shape index (κ3) is 4.52. The number of carbonyl (C=O) groups is 2. The summed E-state index contributed by atoms with van der Waals surface area (Å²) in [6.45, 7) is 1.47. The van der Waals surface area contributed by atoms with Gasteiger partial charge in [-0.15, -0.1) is 11.3 Å². The van der Waals surface area contributed by atoms with Crippen LogP contribution in [-0.4, -0.2) is 30.1 Å². The second-order valence-electron chi connectivity index (χ2n) is 5.78. The first kappa shape index (κ1) is 19.5. The molecule has 6 nitrogen and oxygen atoms in total. The van der Waals surface area contributed by atoms with Crippen LogP contribution in [0.5, 0.6) is 5.75 Å². The zero-order chi connectivity index (χ0) is 20.1. The zero-order valence-corrected chi connectivity index (χ0v) is 16.0. The molecule has 1 atom stereocenters. The summed E-state index contributed by atoms with van der Waals surface area (Å²) in [6, 6.07) is 12.7. The van der Waals surface area contributed by atoms with Crippen molar-refractivity contribution in [2.45, 2.75) is 13.0 Å². The lowest BCUT2D eigenvalue weighted by Gasteiger charge is -2.14. The smallest absolute Gasteiger partial charge is 0.358 e. The van der Waals surface area contributed by atoms with Gasteiger partial charge in [-0.05, 0) is 43.3 Å². The first-order valence-electron chi connectivity index (χ1n) is 8.34. The van der Waals surface area contributed by atoms with Crippen LogP contribution in [0.15, 0.2) is 53.9 Å². The normalized spacial score (nSPS) is 11.5. The number of esters is 1. The highest BCUT2D eigenvalue weighted by molar-refractivity contribution is 7.13. The average molecular weight is 400 g/mol. The van der Waals surface area contributed by atoms with Crippen LogP contribution in [0.4, 0.5) is 10.1 Å². The summed E-state index contributed by atoms with van der Waals surface area (Å²) in [7, 11) is 1.50. The van der Waals surface area contributed by atoms with E-state index in [0.717, 1.165) is 0 Å². The second-order valence-corrected chi connectivity index (χ2v) is 6.64. The van der Waals surface area contributed by atoms with Crippen molar-refractivity contribution in [2.75, 3.05) is 12.4 Å². The van der Waals surface area contributed by atoms with Crippen molar-refractivity contribution in [1.29, 1.82) is 0 Å². The molecule has 0 saturated heterocycles. The SMILES string of the molecule is COc1ccccc1NC(=O)[C@H](C)OC(=O)c1csc(-c2ccc(F)cc2)n1. The molecule has 1 aromatic heterocycles. The summed E-state index contributed by atoms with van der Waals surface area (Å²) in [5, 5.41) is 4.75. The zero-order valence-electron chi connectivity index (χ0n) is 15.1. The van der Waals surface area contributed by atoms with Crippen LogP contribution in [0.3, 0.4) is 0 Å². The number of halogens is 1. The van der Waals surface area contributed by atoms with Crippen molar-refractivity contribution in [3.8, 4) is 16.3 Å². The Kier molecular flexibility index (Phi) is 6.00. The lowest BCUT2D eigenvalue weighted by molar-refractivity contribution is -0.123. The Balaban J connectivity index is 1.64. The van der Waals surface area contributed by atoms with Gasteiger partial charge in [0.15, 0.2) is 11.8 Å². The number of anilines is 1. The van der Waals surface area contributed by atoms with Gasteiger partial charge in [0.1, 0.15) is 16.6 Å². The van der Waals surface area contributed by atoms with Gasteiger partial charge in [0.2, 0.25) is 0 Å². The minimum Gasteiger partial charge on any atom is -0.495 e. The number of carbonyl (C=O) groups excluding carboxylic acids is 2. The Labute approximate surface area is 164 Å². The van der Waals surface area contributed by atoms with Gasteiger partial charge in [-0.1, -0.05) is 12.1 Å². The molecule has 8 heteroatoms. The van der Waals surface area contributed by atoms with Crippen molar-refractivity contribution >= 4 is 28.9 Å². The molecule has 2 aromatic carbocycles. The van der Waals surface area contributed by atoms with Gasteiger partial charge in [-0.25, -0.2) is 14.2 Å². The summed E-state index contributed by atoms with van der Waals surface area (Å²) < 4.78 is 23.4. The van der Waals surface area contributed by atoms with Crippen molar-refractivity contribution in [2.24, 2.45) is 0 Å². The molecule has 0 saturated carbocycles. The number of thiazole rings is 1. The highest BCUT2D eigenvalue weighted by Gasteiger charge is 2.22. The Morgan fingerprint density at radius 3 is 2.57 bits per heavy atom. The van der Waals surface area contributed by atoms with Gasteiger partial charge >= 0.3 is 5.97 Å². The van der Waals surface area contributed by atoms with E-state index in [2.05, 4.69) is 10.3 Å². The standard InChI is InChI=1S/C20H17FN2O4S/c1-12(18(24)22-15-5-3-4-6-17(15)26-2)27-20(25)16-11-28-19(23-16)13-7-9-14(21)10-8-13/h3-12H,1-2H3,(H,22,24)/t12-/m0/s1. The van der Waals surface area contributed by atoms with E-state index in [0.29, 0.717) is 22.0 Å². The first-order chi connectivity index (χ1) is 13.5. The van der Waals surface area contributed by atoms with E-state index >= 15 is 0 Å². The number of ether oxygens (including phenoxy) is 2. The number of aromatic nitrogens is 1. The molecule has 0 aliphatic carbocycles. The lowest BCUT2D eigenvalue weighted by Crippen LogP contribution is -2.30. The number of para-hydroxylation sites is 2. The summed E-state index contributed by atoms with van der Waals surface area (Å²) in [6.07, 6.45) is -1.03. The fourth-order valence-corrected chi connectivity index (χ4v) is 3.14. The van der Waals surface area contributed by atoms with Crippen LogP contribution < -0.4 is 10.1 Å². The molecular formula is C20H17FN2O4S.